The molecule has 3 rings (SSSR count). The van der Waals surface area contributed by atoms with Crippen LogP contribution < -0.4 is 10.1 Å². The Balaban J connectivity index is 1.60. The van der Waals surface area contributed by atoms with Crippen LogP contribution in [-0.2, 0) is 11.3 Å². The molecule has 0 fully saturated rings. The Morgan fingerprint density at radius 3 is 2.73 bits per heavy atom. The number of aromatic nitrogens is 2. The van der Waals surface area contributed by atoms with Crippen LogP contribution in [0.1, 0.15) is 5.56 Å². The van der Waals surface area contributed by atoms with Crippen molar-refractivity contribution in [2.45, 2.75) is 6.54 Å². The summed E-state index contributed by atoms with van der Waals surface area (Å²) in [6.07, 6.45) is 1.68. The highest BCUT2D eigenvalue weighted by molar-refractivity contribution is 5.76. The Morgan fingerprint density at radius 2 is 1.91 bits per heavy atom. The van der Waals surface area contributed by atoms with E-state index in [2.05, 4.69) is 27.4 Å². The molecule has 0 aliphatic carbocycles. The molecule has 2 aromatic carbocycles. The van der Waals surface area contributed by atoms with Gasteiger partial charge in [-0.25, -0.2) is 4.98 Å². The Kier molecular flexibility index (Phi) is 4.68. The van der Waals surface area contributed by atoms with Crippen molar-refractivity contribution in [3.8, 4) is 11.5 Å². The highest BCUT2D eigenvalue weighted by Gasteiger charge is 2.01. The third-order valence-electron chi connectivity index (χ3n) is 3.36. The zero-order valence-electron chi connectivity index (χ0n) is 12.5. The maximum atomic E-state index is 5.87. The third-order valence-corrected chi connectivity index (χ3v) is 3.36. The number of ether oxygens (including phenoxy) is 2. The predicted molar refractivity (Wildman–Crippen MR) is 86.2 cm³/mol. The van der Waals surface area contributed by atoms with Crippen molar-refractivity contribution in [1.29, 1.82) is 0 Å². The summed E-state index contributed by atoms with van der Waals surface area (Å²) in [4.78, 5) is 7.27. The summed E-state index contributed by atoms with van der Waals surface area (Å²) in [5, 5.41) is 3.31. The predicted octanol–water partition coefficient (Wildman–Crippen LogP) is 3.09. The van der Waals surface area contributed by atoms with Crippen LogP contribution in [-0.4, -0.2) is 30.2 Å². The van der Waals surface area contributed by atoms with Crippen molar-refractivity contribution in [3.05, 3.63) is 54.4 Å². The fourth-order valence-corrected chi connectivity index (χ4v) is 2.20. The molecule has 0 aliphatic rings. The topological polar surface area (TPSA) is 59.2 Å². The van der Waals surface area contributed by atoms with E-state index in [4.69, 9.17) is 9.47 Å². The molecule has 0 atom stereocenters. The van der Waals surface area contributed by atoms with Crippen LogP contribution in [0.2, 0.25) is 0 Å². The number of rotatable bonds is 7. The minimum absolute atomic E-state index is 0.720. The maximum absolute atomic E-state index is 5.87. The van der Waals surface area contributed by atoms with Crippen molar-refractivity contribution >= 4 is 11.0 Å². The summed E-state index contributed by atoms with van der Waals surface area (Å²) >= 11 is 0. The van der Waals surface area contributed by atoms with E-state index in [0.29, 0.717) is 0 Å². The first-order valence-corrected chi connectivity index (χ1v) is 7.25. The molecular weight excluding hydrogens is 278 g/mol. The molecule has 5 heteroatoms. The van der Waals surface area contributed by atoms with Gasteiger partial charge in [0.2, 0.25) is 0 Å². The monoisotopic (exact) mass is 297 g/mol. The summed E-state index contributed by atoms with van der Waals surface area (Å²) in [6, 6.07) is 13.9. The molecule has 0 saturated carbocycles. The van der Waals surface area contributed by atoms with E-state index in [-0.39, 0.29) is 0 Å². The van der Waals surface area contributed by atoms with Gasteiger partial charge in [-0.15, -0.1) is 0 Å². The van der Waals surface area contributed by atoms with Gasteiger partial charge in [-0.2, -0.15) is 0 Å². The average Bonchev–Trinajstić information content (AvgIpc) is 3.01. The van der Waals surface area contributed by atoms with E-state index in [9.17, 15) is 0 Å². The van der Waals surface area contributed by atoms with Crippen molar-refractivity contribution < 1.29 is 9.47 Å². The lowest BCUT2D eigenvalue weighted by Crippen LogP contribution is -2.18. The third kappa shape index (κ3) is 3.63. The molecule has 0 amide bonds. The Morgan fingerprint density at radius 1 is 1.09 bits per heavy atom. The first-order chi connectivity index (χ1) is 10.8. The Labute approximate surface area is 129 Å². The molecule has 22 heavy (non-hydrogen) atoms. The van der Waals surface area contributed by atoms with Gasteiger partial charge >= 0.3 is 0 Å². The minimum atomic E-state index is 0.720. The number of benzene rings is 2. The van der Waals surface area contributed by atoms with Crippen LogP contribution in [0.5, 0.6) is 11.5 Å². The second kappa shape index (κ2) is 7.06. The van der Waals surface area contributed by atoms with Crippen LogP contribution in [0.4, 0.5) is 0 Å². The summed E-state index contributed by atoms with van der Waals surface area (Å²) in [5.74, 6) is 1.61. The largest absolute Gasteiger partial charge is 0.457 e. The van der Waals surface area contributed by atoms with Crippen molar-refractivity contribution in [2.75, 3.05) is 20.3 Å². The normalized spacial score (nSPS) is 11.0. The SMILES string of the molecule is COCCNCc1ccc(Oc2ccc3nc[nH]c3c2)cc1. The standard InChI is InChI=1S/C17H19N3O2/c1-21-9-8-18-11-13-2-4-14(5-3-13)22-15-6-7-16-17(10-15)20-12-19-16/h2-7,10,12,18H,8-9,11H2,1H3,(H,19,20). The summed E-state index contributed by atoms with van der Waals surface area (Å²) in [5.41, 5.74) is 3.12. The Hall–Kier alpha value is -2.37. The summed E-state index contributed by atoms with van der Waals surface area (Å²) in [7, 11) is 1.70. The number of hydrogen-bond donors (Lipinski definition) is 2. The van der Waals surface area contributed by atoms with E-state index in [1.54, 1.807) is 13.4 Å². The average molecular weight is 297 g/mol. The van der Waals surface area contributed by atoms with Crippen molar-refractivity contribution in [3.63, 3.8) is 0 Å². The molecule has 2 N–H and O–H groups in total. The Bertz CT molecular complexity index is 722. The van der Waals surface area contributed by atoms with Crippen LogP contribution in [0.25, 0.3) is 11.0 Å². The van der Waals surface area contributed by atoms with Gasteiger partial charge in [-0.05, 0) is 29.8 Å². The summed E-state index contributed by atoms with van der Waals surface area (Å²) < 4.78 is 10.9. The van der Waals surface area contributed by atoms with Gasteiger partial charge in [0, 0.05) is 26.3 Å². The lowest BCUT2D eigenvalue weighted by atomic mass is 10.2. The molecule has 0 spiro atoms. The van der Waals surface area contributed by atoms with Gasteiger partial charge in [-0.1, -0.05) is 12.1 Å². The molecule has 0 aliphatic heterocycles. The highest BCUT2D eigenvalue weighted by Crippen LogP contribution is 2.24. The molecule has 114 valence electrons. The highest BCUT2D eigenvalue weighted by atomic mass is 16.5. The van der Waals surface area contributed by atoms with E-state index in [0.717, 1.165) is 42.2 Å². The molecule has 0 radical (unpaired) electrons. The van der Waals surface area contributed by atoms with E-state index in [1.165, 1.54) is 5.56 Å². The van der Waals surface area contributed by atoms with Crippen molar-refractivity contribution in [1.82, 2.24) is 15.3 Å². The molecule has 3 aromatic rings. The van der Waals surface area contributed by atoms with E-state index < -0.39 is 0 Å². The van der Waals surface area contributed by atoms with E-state index in [1.807, 2.05) is 30.3 Å². The minimum Gasteiger partial charge on any atom is -0.457 e. The van der Waals surface area contributed by atoms with Crippen LogP contribution in [0, 0.1) is 0 Å². The van der Waals surface area contributed by atoms with Gasteiger partial charge in [0.05, 0.1) is 24.0 Å². The van der Waals surface area contributed by atoms with Crippen LogP contribution in [0.15, 0.2) is 48.8 Å². The maximum Gasteiger partial charge on any atom is 0.129 e. The van der Waals surface area contributed by atoms with Gasteiger partial charge in [-0.3, -0.25) is 0 Å². The number of methoxy groups -OCH3 is 1. The smallest absolute Gasteiger partial charge is 0.129 e. The number of H-pyrrole nitrogens is 1. The molecule has 0 bridgehead atoms. The number of hydrogen-bond acceptors (Lipinski definition) is 4. The summed E-state index contributed by atoms with van der Waals surface area (Å²) in [6.45, 7) is 2.39. The lowest BCUT2D eigenvalue weighted by molar-refractivity contribution is 0.199. The number of fused-ring (bicyclic) bond motifs is 1. The molecule has 5 nitrogen and oxygen atoms in total. The molecular formula is C17H19N3O2. The molecule has 0 unspecified atom stereocenters. The number of nitrogens with zero attached hydrogens (tertiary/aromatic N) is 1. The second-order valence-corrected chi connectivity index (χ2v) is 5.00. The molecule has 1 aromatic heterocycles. The fourth-order valence-electron chi connectivity index (χ4n) is 2.20. The zero-order valence-corrected chi connectivity index (χ0v) is 12.5. The van der Waals surface area contributed by atoms with E-state index >= 15 is 0 Å². The number of nitrogens with one attached hydrogen (secondary N) is 2. The quantitative estimate of drug-likeness (QED) is 0.658. The molecule has 0 saturated heterocycles. The number of imidazole rings is 1. The first-order valence-electron chi connectivity index (χ1n) is 7.25. The van der Waals surface area contributed by atoms with Crippen LogP contribution >= 0.6 is 0 Å². The first kappa shape index (κ1) is 14.6. The number of aromatic amines is 1. The van der Waals surface area contributed by atoms with Crippen molar-refractivity contribution in [2.24, 2.45) is 0 Å². The molecule has 1 heterocycles. The van der Waals surface area contributed by atoms with Gasteiger partial charge in [0.25, 0.3) is 0 Å². The zero-order chi connectivity index (χ0) is 15.2. The second-order valence-electron chi connectivity index (χ2n) is 5.00. The van der Waals surface area contributed by atoms with Gasteiger partial charge < -0.3 is 19.8 Å². The lowest BCUT2D eigenvalue weighted by Gasteiger charge is -2.08. The van der Waals surface area contributed by atoms with Gasteiger partial charge in [0.1, 0.15) is 11.5 Å². The fraction of sp³-hybridized carbons (Fsp3) is 0.235. The van der Waals surface area contributed by atoms with Crippen LogP contribution in [0.3, 0.4) is 0 Å². The van der Waals surface area contributed by atoms with Gasteiger partial charge in [0.15, 0.2) is 0 Å².